The molecule has 0 aliphatic rings. The van der Waals surface area contributed by atoms with Crippen molar-refractivity contribution in [1.82, 2.24) is 9.97 Å². The zero-order valence-corrected chi connectivity index (χ0v) is 17.9. The summed E-state index contributed by atoms with van der Waals surface area (Å²) in [7, 11) is -0.764. The Labute approximate surface area is 155 Å². The molecule has 6 nitrogen and oxygen atoms in total. The first kappa shape index (κ1) is 19.6. The van der Waals surface area contributed by atoms with Crippen LogP contribution in [0.15, 0.2) is 17.5 Å². The third-order valence-electron chi connectivity index (χ3n) is 3.46. The van der Waals surface area contributed by atoms with E-state index in [1.165, 1.54) is 11.3 Å². The first-order valence-electron chi connectivity index (χ1n) is 8.12. The van der Waals surface area contributed by atoms with Crippen molar-refractivity contribution >= 4 is 37.8 Å². The van der Waals surface area contributed by atoms with E-state index in [4.69, 9.17) is 10.2 Å². The molecule has 0 bridgehead atoms. The first-order chi connectivity index (χ1) is 11.5. The van der Waals surface area contributed by atoms with Gasteiger partial charge < -0.3 is 10.2 Å². The number of anilines is 2. The van der Waals surface area contributed by atoms with Crippen LogP contribution in [0.4, 0.5) is 10.8 Å². The fraction of sp³-hybridized carbons (Fsp3) is 0.471. The predicted octanol–water partition coefficient (Wildman–Crippen LogP) is 3.23. The molecule has 136 valence electrons. The van der Waals surface area contributed by atoms with Crippen molar-refractivity contribution in [2.45, 2.75) is 52.2 Å². The molecule has 0 unspecified atom stereocenters. The molecule has 0 aromatic carbocycles. The molecule has 2 rings (SSSR count). The number of aromatic nitrogens is 2. The number of rotatable bonds is 5. The number of hydrogen-bond acceptors (Lipinski definition) is 6. The molecule has 1 amide bonds. The van der Waals surface area contributed by atoms with Gasteiger partial charge in [0.2, 0.25) is 0 Å². The number of nitrogens with zero attached hydrogens (tertiary/aromatic N) is 2. The Hall–Kier alpha value is -1.77. The van der Waals surface area contributed by atoms with Gasteiger partial charge in [-0.25, -0.2) is 9.97 Å². The summed E-state index contributed by atoms with van der Waals surface area (Å²) in [6.45, 7) is 12.3. The Morgan fingerprint density at radius 1 is 1.24 bits per heavy atom. The van der Waals surface area contributed by atoms with Gasteiger partial charge in [0, 0.05) is 5.38 Å². The third-order valence-corrected chi connectivity index (χ3v) is 6.07. The fourth-order valence-electron chi connectivity index (χ4n) is 2.03. The molecule has 0 spiro atoms. The van der Waals surface area contributed by atoms with Crippen LogP contribution in [0.3, 0.4) is 0 Å². The molecule has 8 heteroatoms. The van der Waals surface area contributed by atoms with Crippen molar-refractivity contribution in [3.8, 4) is 0 Å². The maximum atomic E-state index is 12.5. The lowest BCUT2D eigenvalue weighted by atomic mass is 10.0. The molecular weight excluding hydrogens is 352 g/mol. The lowest BCUT2D eigenvalue weighted by Crippen LogP contribution is -2.29. The van der Waals surface area contributed by atoms with Crippen LogP contribution in [0.25, 0.3) is 0 Å². The van der Waals surface area contributed by atoms with E-state index in [0.717, 1.165) is 5.69 Å². The van der Waals surface area contributed by atoms with Crippen LogP contribution in [0.5, 0.6) is 0 Å². The number of hydrogen-bond donors (Lipinski definition) is 2. The monoisotopic (exact) mass is 378 g/mol. The van der Waals surface area contributed by atoms with Crippen LogP contribution in [-0.4, -0.2) is 25.6 Å². The highest BCUT2D eigenvalue weighted by Crippen LogP contribution is 2.29. The lowest BCUT2D eigenvalue weighted by molar-refractivity contribution is 0.0997. The highest BCUT2D eigenvalue weighted by Gasteiger charge is 2.27. The topological polar surface area (TPSA) is 90.1 Å². The minimum absolute atomic E-state index is 0.175. The number of pyridine rings is 1. The Bertz CT molecular complexity index is 768. The van der Waals surface area contributed by atoms with E-state index in [1.54, 1.807) is 6.07 Å². The molecule has 0 aliphatic carbocycles. The first-order valence-corrected chi connectivity index (χ1v) is 10.3. The molecule has 0 aliphatic heterocycles. The van der Waals surface area contributed by atoms with E-state index >= 15 is 0 Å². The van der Waals surface area contributed by atoms with Crippen molar-refractivity contribution in [2.75, 3.05) is 11.1 Å². The number of nitrogens with two attached hydrogens (primary N) is 1. The van der Waals surface area contributed by atoms with Crippen LogP contribution in [-0.2, 0) is 10.0 Å². The Morgan fingerprint density at radius 2 is 1.92 bits per heavy atom. The summed E-state index contributed by atoms with van der Waals surface area (Å²) in [5, 5.41) is 5.33. The fourth-order valence-corrected chi connectivity index (χ4v) is 3.65. The normalized spacial score (nSPS) is 12.7. The molecular formula is C17H26N4O2SSi. The molecule has 2 aromatic heterocycles. The van der Waals surface area contributed by atoms with E-state index < -0.39 is 15.4 Å². The minimum atomic E-state index is -0.764. The standard InChI is InChI=1S/C17H26N4O2SSi/c1-10-9-24-15(19-10)21-14(22)13-11(18)7-8-12(20-13)17(5,6)23-25-16(2,3)4/h7-9H,18,25H2,1-6H3,(H,19,21,22). The van der Waals surface area contributed by atoms with Crippen LogP contribution >= 0.6 is 11.3 Å². The molecule has 0 fully saturated rings. The maximum absolute atomic E-state index is 12.5. The predicted molar refractivity (Wildman–Crippen MR) is 106 cm³/mol. The number of carbonyl (C=O) groups excluding carboxylic acids is 1. The quantitative estimate of drug-likeness (QED) is 0.780. The number of aryl methyl sites for hydroxylation is 1. The molecule has 0 atom stereocenters. The summed E-state index contributed by atoms with van der Waals surface area (Å²) in [6.07, 6.45) is 0. The van der Waals surface area contributed by atoms with Gasteiger partial charge in [-0.15, -0.1) is 11.3 Å². The van der Waals surface area contributed by atoms with E-state index in [0.29, 0.717) is 16.5 Å². The molecule has 3 N–H and O–H groups in total. The second kappa shape index (κ2) is 7.23. The third kappa shape index (κ3) is 5.35. The molecule has 2 aromatic rings. The summed E-state index contributed by atoms with van der Waals surface area (Å²) in [5.74, 6) is -0.363. The Balaban J connectivity index is 2.22. The zero-order valence-electron chi connectivity index (χ0n) is 15.6. The largest absolute Gasteiger partial charge is 0.413 e. The van der Waals surface area contributed by atoms with E-state index in [9.17, 15) is 4.79 Å². The maximum Gasteiger partial charge on any atom is 0.278 e. The van der Waals surface area contributed by atoms with Gasteiger partial charge >= 0.3 is 0 Å². The molecule has 0 saturated heterocycles. The highest BCUT2D eigenvalue weighted by atomic mass is 32.1. The van der Waals surface area contributed by atoms with Gasteiger partial charge in [-0.2, -0.15) is 0 Å². The van der Waals surface area contributed by atoms with Gasteiger partial charge in [-0.3, -0.25) is 10.1 Å². The van der Waals surface area contributed by atoms with Crippen LogP contribution in [0.2, 0.25) is 5.04 Å². The van der Waals surface area contributed by atoms with E-state index in [-0.39, 0.29) is 16.6 Å². The molecule has 2 heterocycles. The number of nitrogen functional groups attached to an aromatic ring is 1. The van der Waals surface area contributed by atoms with Crippen molar-refractivity contribution in [3.05, 3.63) is 34.6 Å². The number of nitrogens with one attached hydrogen (secondary N) is 1. The number of amides is 1. The summed E-state index contributed by atoms with van der Waals surface area (Å²) in [4.78, 5) is 21.2. The van der Waals surface area contributed by atoms with Crippen molar-refractivity contribution in [3.63, 3.8) is 0 Å². The van der Waals surface area contributed by atoms with Crippen LogP contribution in [0.1, 0.15) is 56.5 Å². The van der Waals surface area contributed by atoms with Gasteiger partial charge in [0.05, 0.1) is 22.7 Å². The average Bonchev–Trinajstić information content (AvgIpc) is 2.90. The minimum Gasteiger partial charge on any atom is -0.413 e. The van der Waals surface area contributed by atoms with Gasteiger partial charge in [0.25, 0.3) is 5.91 Å². The lowest BCUT2D eigenvalue weighted by Gasteiger charge is -2.29. The van der Waals surface area contributed by atoms with E-state index in [2.05, 4.69) is 36.1 Å². The SMILES string of the molecule is Cc1csc(NC(=O)c2nc(C(C)(C)O[SiH2]C(C)(C)C)ccc2N)n1. The van der Waals surface area contributed by atoms with Crippen molar-refractivity contribution in [2.24, 2.45) is 0 Å². The molecule has 0 saturated carbocycles. The summed E-state index contributed by atoms with van der Waals surface area (Å²) in [5.41, 5.74) is 7.47. The Morgan fingerprint density at radius 3 is 2.48 bits per heavy atom. The molecule has 25 heavy (non-hydrogen) atoms. The average molecular weight is 379 g/mol. The van der Waals surface area contributed by atoms with Gasteiger partial charge in [-0.05, 0) is 37.9 Å². The molecule has 0 radical (unpaired) electrons. The van der Waals surface area contributed by atoms with Crippen molar-refractivity contribution < 1.29 is 9.22 Å². The van der Waals surface area contributed by atoms with E-state index in [1.807, 2.05) is 32.2 Å². The van der Waals surface area contributed by atoms with Crippen LogP contribution < -0.4 is 11.1 Å². The summed E-state index contributed by atoms with van der Waals surface area (Å²) < 4.78 is 6.17. The van der Waals surface area contributed by atoms with Crippen LogP contribution in [0, 0.1) is 6.92 Å². The second-order valence-corrected chi connectivity index (χ2v) is 11.3. The second-order valence-electron chi connectivity index (χ2n) is 7.74. The van der Waals surface area contributed by atoms with Gasteiger partial charge in [0.1, 0.15) is 0 Å². The Kier molecular flexibility index (Phi) is 5.65. The number of carbonyl (C=O) groups is 1. The summed E-state index contributed by atoms with van der Waals surface area (Å²) in [6, 6.07) is 3.52. The number of thiazole rings is 1. The zero-order chi connectivity index (χ0) is 18.8. The van der Waals surface area contributed by atoms with Gasteiger partial charge in [-0.1, -0.05) is 20.8 Å². The van der Waals surface area contributed by atoms with Gasteiger partial charge in [0.15, 0.2) is 20.6 Å². The highest BCUT2D eigenvalue weighted by molar-refractivity contribution is 7.13. The smallest absolute Gasteiger partial charge is 0.278 e. The summed E-state index contributed by atoms with van der Waals surface area (Å²) >= 11 is 1.37. The van der Waals surface area contributed by atoms with Crippen molar-refractivity contribution in [1.29, 1.82) is 0 Å².